The van der Waals surface area contributed by atoms with Gasteiger partial charge in [0.05, 0.1) is 12.3 Å². The van der Waals surface area contributed by atoms with Gasteiger partial charge in [-0.15, -0.1) is 0 Å². The van der Waals surface area contributed by atoms with E-state index in [0.717, 1.165) is 5.56 Å². The fraction of sp³-hybridized carbons (Fsp3) is 0.400. The molecule has 0 saturated heterocycles. The predicted molar refractivity (Wildman–Crippen MR) is 76.8 cm³/mol. The number of nitrogens with zero attached hydrogens (tertiary/aromatic N) is 2. The van der Waals surface area contributed by atoms with Crippen molar-refractivity contribution in [2.45, 2.75) is 32.3 Å². The highest BCUT2D eigenvalue weighted by molar-refractivity contribution is 5.40. The van der Waals surface area contributed by atoms with Gasteiger partial charge in [0.25, 0.3) is 0 Å². The third-order valence-electron chi connectivity index (χ3n) is 3.45. The van der Waals surface area contributed by atoms with E-state index < -0.39 is 6.10 Å². The average molecular weight is 259 g/mol. The molecule has 1 aromatic heterocycles. The van der Waals surface area contributed by atoms with Crippen molar-refractivity contribution in [1.82, 2.24) is 9.78 Å². The van der Waals surface area contributed by atoms with Crippen LogP contribution < -0.4 is 5.73 Å². The minimum atomic E-state index is -0.612. The molecule has 1 unspecified atom stereocenters. The van der Waals surface area contributed by atoms with Crippen molar-refractivity contribution >= 4 is 5.82 Å². The molecule has 1 heterocycles. The maximum Gasteiger partial charge on any atom is 0.127 e. The van der Waals surface area contributed by atoms with Crippen molar-refractivity contribution < 1.29 is 5.11 Å². The number of nitrogen functional groups attached to an aromatic ring is 1. The first-order chi connectivity index (χ1) is 8.99. The van der Waals surface area contributed by atoms with E-state index in [-0.39, 0.29) is 0 Å². The Labute approximate surface area is 113 Å². The average Bonchev–Trinajstić information content (AvgIpc) is 2.70. The number of aliphatic hydroxyl groups excluding tert-OH is 1. The van der Waals surface area contributed by atoms with E-state index in [1.54, 1.807) is 17.9 Å². The molecule has 0 radical (unpaired) electrons. The second-order valence-corrected chi connectivity index (χ2v) is 5.22. The lowest BCUT2D eigenvalue weighted by Crippen LogP contribution is -2.06. The first kappa shape index (κ1) is 13.6. The fourth-order valence-electron chi connectivity index (χ4n) is 2.09. The number of aliphatic hydroxyl groups is 1. The number of hydrogen-bond acceptors (Lipinski definition) is 3. The molecule has 2 rings (SSSR count). The van der Waals surface area contributed by atoms with Crippen LogP contribution in [0.1, 0.15) is 42.6 Å². The zero-order chi connectivity index (χ0) is 14.0. The van der Waals surface area contributed by atoms with Gasteiger partial charge in [-0.05, 0) is 17.0 Å². The van der Waals surface area contributed by atoms with Gasteiger partial charge in [-0.1, -0.05) is 38.1 Å². The largest absolute Gasteiger partial charge is 0.388 e. The molecule has 4 nitrogen and oxygen atoms in total. The van der Waals surface area contributed by atoms with Crippen LogP contribution in [-0.2, 0) is 13.5 Å². The van der Waals surface area contributed by atoms with E-state index in [9.17, 15) is 5.11 Å². The lowest BCUT2D eigenvalue weighted by Gasteiger charge is -2.11. The summed E-state index contributed by atoms with van der Waals surface area (Å²) >= 11 is 0. The van der Waals surface area contributed by atoms with Gasteiger partial charge in [-0.25, -0.2) is 0 Å². The molecule has 0 aliphatic rings. The van der Waals surface area contributed by atoms with Crippen LogP contribution >= 0.6 is 0 Å². The van der Waals surface area contributed by atoms with Gasteiger partial charge < -0.3 is 10.8 Å². The Balaban J connectivity index is 2.10. The lowest BCUT2D eigenvalue weighted by molar-refractivity contribution is 0.179. The maximum atomic E-state index is 10.2. The zero-order valence-electron chi connectivity index (χ0n) is 11.7. The molecule has 0 saturated carbocycles. The normalized spacial score (nSPS) is 12.9. The second kappa shape index (κ2) is 5.45. The van der Waals surface area contributed by atoms with E-state index in [0.29, 0.717) is 23.7 Å². The molecule has 102 valence electrons. The molecular formula is C15H21N3O. The van der Waals surface area contributed by atoms with Crippen LogP contribution in [0.2, 0.25) is 0 Å². The van der Waals surface area contributed by atoms with E-state index in [2.05, 4.69) is 43.2 Å². The number of aryl methyl sites for hydroxylation is 1. The molecule has 3 N–H and O–H groups in total. The molecule has 0 aliphatic carbocycles. The monoisotopic (exact) mass is 259 g/mol. The quantitative estimate of drug-likeness (QED) is 0.886. The van der Waals surface area contributed by atoms with Crippen LogP contribution in [0.25, 0.3) is 0 Å². The van der Waals surface area contributed by atoms with Gasteiger partial charge in [0, 0.05) is 19.0 Å². The van der Waals surface area contributed by atoms with Crippen LogP contribution in [0.3, 0.4) is 0 Å². The van der Waals surface area contributed by atoms with Crippen molar-refractivity contribution in [1.29, 1.82) is 0 Å². The third-order valence-corrected chi connectivity index (χ3v) is 3.45. The van der Waals surface area contributed by atoms with Gasteiger partial charge in [0.1, 0.15) is 5.82 Å². The molecule has 0 spiro atoms. The van der Waals surface area contributed by atoms with Gasteiger partial charge >= 0.3 is 0 Å². The van der Waals surface area contributed by atoms with Crippen LogP contribution in [0.15, 0.2) is 30.5 Å². The summed E-state index contributed by atoms with van der Waals surface area (Å²) in [5, 5.41) is 14.3. The van der Waals surface area contributed by atoms with Crippen LogP contribution in [0.4, 0.5) is 5.82 Å². The van der Waals surface area contributed by atoms with Crippen molar-refractivity contribution in [2.75, 3.05) is 5.73 Å². The Kier molecular flexibility index (Phi) is 3.90. The summed E-state index contributed by atoms with van der Waals surface area (Å²) in [5.41, 5.74) is 8.95. The summed E-state index contributed by atoms with van der Waals surface area (Å²) in [6.45, 7) is 4.33. The molecular weight excluding hydrogens is 238 g/mol. The molecule has 0 aliphatic heterocycles. The van der Waals surface area contributed by atoms with Crippen molar-refractivity contribution in [3.8, 4) is 0 Å². The number of hydrogen-bond donors (Lipinski definition) is 2. The summed E-state index contributed by atoms with van der Waals surface area (Å²) in [7, 11) is 1.77. The first-order valence-electron chi connectivity index (χ1n) is 6.53. The summed E-state index contributed by atoms with van der Waals surface area (Å²) in [6.07, 6.45) is 1.56. The van der Waals surface area contributed by atoms with Gasteiger partial charge in [-0.2, -0.15) is 5.10 Å². The first-order valence-corrected chi connectivity index (χ1v) is 6.53. The Morgan fingerprint density at radius 3 is 2.37 bits per heavy atom. The number of benzene rings is 1. The molecule has 2 aromatic rings. The number of anilines is 1. The summed E-state index contributed by atoms with van der Waals surface area (Å²) in [5.74, 6) is 1.04. The summed E-state index contributed by atoms with van der Waals surface area (Å²) in [4.78, 5) is 0. The predicted octanol–water partition coefficient (Wildman–Crippen LogP) is 2.40. The Bertz CT molecular complexity index is 543. The standard InChI is InChI=1S/C15H21N3O/c1-10(2)12-6-4-11(5-7-12)8-14(19)13-9-17-18(3)15(13)16/h4-7,9-10,14,19H,8,16H2,1-3H3. The van der Waals surface area contributed by atoms with Crippen molar-refractivity contribution in [2.24, 2.45) is 7.05 Å². The second-order valence-electron chi connectivity index (χ2n) is 5.22. The molecule has 1 atom stereocenters. The smallest absolute Gasteiger partial charge is 0.127 e. The Hall–Kier alpha value is -1.81. The van der Waals surface area contributed by atoms with Gasteiger partial charge in [0.15, 0.2) is 0 Å². The van der Waals surface area contributed by atoms with Crippen molar-refractivity contribution in [3.05, 3.63) is 47.2 Å². The number of rotatable bonds is 4. The molecule has 0 amide bonds. The van der Waals surface area contributed by atoms with E-state index in [1.807, 2.05) is 0 Å². The lowest BCUT2D eigenvalue weighted by atomic mass is 9.98. The zero-order valence-corrected chi connectivity index (χ0v) is 11.7. The van der Waals surface area contributed by atoms with Gasteiger partial charge in [0.2, 0.25) is 0 Å². The SMILES string of the molecule is CC(C)c1ccc(CC(O)c2cnn(C)c2N)cc1. The molecule has 4 heteroatoms. The molecule has 0 bridgehead atoms. The van der Waals surface area contributed by atoms with Crippen molar-refractivity contribution in [3.63, 3.8) is 0 Å². The number of nitrogens with two attached hydrogens (primary N) is 1. The van der Waals surface area contributed by atoms with E-state index in [1.165, 1.54) is 5.56 Å². The van der Waals surface area contributed by atoms with E-state index in [4.69, 9.17) is 5.73 Å². The Morgan fingerprint density at radius 2 is 1.89 bits per heavy atom. The molecule has 19 heavy (non-hydrogen) atoms. The van der Waals surface area contributed by atoms with Crippen LogP contribution in [-0.4, -0.2) is 14.9 Å². The number of aromatic nitrogens is 2. The summed E-state index contributed by atoms with van der Waals surface area (Å²) in [6, 6.07) is 8.34. The third kappa shape index (κ3) is 2.96. The van der Waals surface area contributed by atoms with E-state index >= 15 is 0 Å². The summed E-state index contributed by atoms with van der Waals surface area (Å²) < 4.78 is 1.57. The highest BCUT2D eigenvalue weighted by atomic mass is 16.3. The maximum absolute atomic E-state index is 10.2. The minimum Gasteiger partial charge on any atom is -0.388 e. The minimum absolute atomic E-state index is 0.520. The molecule has 0 fully saturated rings. The fourth-order valence-corrected chi connectivity index (χ4v) is 2.09. The highest BCUT2D eigenvalue weighted by Crippen LogP contribution is 2.24. The Morgan fingerprint density at radius 1 is 1.26 bits per heavy atom. The topological polar surface area (TPSA) is 64.1 Å². The van der Waals surface area contributed by atoms with Crippen LogP contribution in [0.5, 0.6) is 0 Å². The van der Waals surface area contributed by atoms with Gasteiger partial charge in [-0.3, -0.25) is 4.68 Å². The van der Waals surface area contributed by atoms with Crippen LogP contribution in [0, 0.1) is 0 Å². The highest BCUT2D eigenvalue weighted by Gasteiger charge is 2.15. The molecule has 1 aromatic carbocycles.